The highest BCUT2D eigenvalue weighted by atomic mass is 35.5. The van der Waals surface area contributed by atoms with E-state index in [9.17, 15) is 4.79 Å². The number of hydrogen-bond donors (Lipinski definition) is 2. The average molecular weight is 401 g/mol. The van der Waals surface area contributed by atoms with Gasteiger partial charge >= 0.3 is 0 Å². The van der Waals surface area contributed by atoms with Gasteiger partial charge in [0.1, 0.15) is 0 Å². The third kappa shape index (κ3) is 4.84. The van der Waals surface area contributed by atoms with Gasteiger partial charge in [0.15, 0.2) is 10.6 Å². The van der Waals surface area contributed by atoms with Gasteiger partial charge in [0.25, 0.3) is 0 Å². The fraction of sp³-hybridized carbons (Fsp3) is 0.250. The second-order valence-corrected chi connectivity index (χ2v) is 7.29. The number of aromatic amines is 1. The lowest BCUT2D eigenvalue weighted by Crippen LogP contribution is -2.27. The predicted molar refractivity (Wildman–Crippen MR) is 110 cm³/mol. The summed E-state index contributed by atoms with van der Waals surface area (Å²) in [5.41, 5.74) is 3.10. The Morgan fingerprint density at radius 2 is 2.04 bits per heavy atom. The molecule has 5 nitrogen and oxygen atoms in total. The van der Waals surface area contributed by atoms with E-state index in [-0.39, 0.29) is 11.9 Å². The minimum Gasteiger partial charge on any atom is -0.350 e. The molecule has 1 atom stereocenters. The van der Waals surface area contributed by atoms with Crippen LogP contribution in [-0.4, -0.2) is 20.7 Å². The molecule has 2 N–H and O–H groups in total. The van der Waals surface area contributed by atoms with Gasteiger partial charge in [0, 0.05) is 23.6 Å². The summed E-state index contributed by atoms with van der Waals surface area (Å²) in [5, 5.41) is 10.8. The first-order valence-electron chi connectivity index (χ1n) is 8.71. The lowest BCUT2D eigenvalue weighted by Gasteiger charge is -2.15. The van der Waals surface area contributed by atoms with Crippen LogP contribution in [0.2, 0.25) is 5.02 Å². The number of hydrogen-bond acceptors (Lipinski definition) is 3. The molecule has 140 valence electrons. The molecule has 0 radical (unpaired) electrons. The summed E-state index contributed by atoms with van der Waals surface area (Å²) in [7, 11) is 0. The smallest absolute Gasteiger partial charge is 0.222 e. The van der Waals surface area contributed by atoms with E-state index in [0.717, 1.165) is 17.0 Å². The van der Waals surface area contributed by atoms with Crippen molar-refractivity contribution in [2.45, 2.75) is 32.9 Å². The molecule has 0 aliphatic rings. The number of benzene rings is 2. The van der Waals surface area contributed by atoms with Gasteiger partial charge in [-0.1, -0.05) is 53.6 Å². The quantitative estimate of drug-likeness (QED) is 0.582. The van der Waals surface area contributed by atoms with E-state index in [0.29, 0.717) is 22.8 Å². The van der Waals surface area contributed by atoms with Crippen LogP contribution in [0.3, 0.4) is 0 Å². The highest BCUT2D eigenvalue weighted by Gasteiger charge is 2.13. The summed E-state index contributed by atoms with van der Waals surface area (Å²) in [6.45, 7) is 4.42. The Hall–Kier alpha value is -2.44. The van der Waals surface area contributed by atoms with Crippen LogP contribution in [0.5, 0.6) is 0 Å². The number of halogens is 1. The molecule has 0 bridgehead atoms. The van der Waals surface area contributed by atoms with Gasteiger partial charge in [0.2, 0.25) is 5.91 Å². The minimum absolute atomic E-state index is 0.0552. The van der Waals surface area contributed by atoms with Crippen molar-refractivity contribution in [2.75, 3.05) is 0 Å². The molecule has 1 amide bonds. The number of nitrogens with one attached hydrogen (secondary N) is 2. The van der Waals surface area contributed by atoms with E-state index in [1.165, 1.54) is 5.56 Å². The molecule has 0 saturated heterocycles. The first-order valence-corrected chi connectivity index (χ1v) is 9.50. The maximum absolute atomic E-state index is 12.4. The number of H-pyrrole nitrogens is 1. The van der Waals surface area contributed by atoms with E-state index >= 15 is 0 Å². The zero-order chi connectivity index (χ0) is 19.4. The van der Waals surface area contributed by atoms with Crippen LogP contribution in [0.4, 0.5) is 0 Å². The van der Waals surface area contributed by atoms with Gasteiger partial charge in [-0.05, 0) is 43.8 Å². The second-order valence-electron chi connectivity index (χ2n) is 6.46. The van der Waals surface area contributed by atoms with Crippen molar-refractivity contribution in [2.24, 2.45) is 0 Å². The van der Waals surface area contributed by atoms with Gasteiger partial charge in [-0.25, -0.2) is 0 Å². The molecule has 7 heteroatoms. The summed E-state index contributed by atoms with van der Waals surface area (Å²) in [6, 6.07) is 15.4. The molecule has 0 aliphatic carbocycles. The Labute approximate surface area is 168 Å². The lowest BCUT2D eigenvalue weighted by atomic mass is 10.1. The number of aryl methyl sites for hydroxylation is 1. The maximum Gasteiger partial charge on any atom is 0.222 e. The van der Waals surface area contributed by atoms with Gasteiger partial charge in [0.05, 0.1) is 6.04 Å². The number of rotatable bonds is 6. The van der Waals surface area contributed by atoms with Crippen LogP contribution in [0.1, 0.15) is 30.5 Å². The Bertz CT molecular complexity index is 994. The molecule has 0 saturated carbocycles. The van der Waals surface area contributed by atoms with Crippen LogP contribution >= 0.6 is 23.8 Å². The molecular weight excluding hydrogens is 380 g/mol. The van der Waals surface area contributed by atoms with Gasteiger partial charge in [-0.2, -0.15) is 5.10 Å². The zero-order valence-corrected chi connectivity index (χ0v) is 16.8. The Morgan fingerprint density at radius 3 is 2.74 bits per heavy atom. The van der Waals surface area contributed by atoms with Crippen molar-refractivity contribution in [3.8, 4) is 11.4 Å². The molecule has 0 unspecified atom stereocenters. The summed E-state index contributed by atoms with van der Waals surface area (Å²) >= 11 is 11.3. The monoisotopic (exact) mass is 400 g/mol. The summed E-state index contributed by atoms with van der Waals surface area (Å²) in [4.78, 5) is 12.4. The summed E-state index contributed by atoms with van der Waals surface area (Å²) in [6.07, 6.45) is 0.303. The third-order valence-electron chi connectivity index (χ3n) is 4.36. The first-order chi connectivity index (χ1) is 12.9. The molecule has 0 fully saturated rings. The predicted octanol–water partition coefficient (Wildman–Crippen LogP) is 4.84. The molecule has 27 heavy (non-hydrogen) atoms. The molecule has 2 aromatic carbocycles. The SMILES string of the molecule is Cc1ccc(-c2n[nH]c(=S)n2CCC(=O)N[C@H](C)c2cccc(Cl)c2)cc1. The van der Waals surface area contributed by atoms with Gasteiger partial charge < -0.3 is 5.32 Å². The van der Waals surface area contributed by atoms with E-state index in [4.69, 9.17) is 23.8 Å². The lowest BCUT2D eigenvalue weighted by molar-refractivity contribution is -0.121. The molecule has 3 rings (SSSR count). The average Bonchev–Trinajstić information content (AvgIpc) is 3.01. The van der Waals surface area contributed by atoms with E-state index in [1.807, 2.05) is 66.9 Å². The van der Waals surface area contributed by atoms with Crippen molar-refractivity contribution in [3.05, 3.63) is 69.5 Å². The minimum atomic E-state index is -0.120. The van der Waals surface area contributed by atoms with Crippen LogP contribution in [-0.2, 0) is 11.3 Å². The number of amides is 1. The van der Waals surface area contributed by atoms with E-state index in [2.05, 4.69) is 15.5 Å². The van der Waals surface area contributed by atoms with Crippen molar-refractivity contribution >= 4 is 29.7 Å². The van der Waals surface area contributed by atoms with Crippen LogP contribution in [0.25, 0.3) is 11.4 Å². The molecule has 1 heterocycles. The highest BCUT2D eigenvalue weighted by molar-refractivity contribution is 7.71. The van der Waals surface area contributed by atoms with Gasteiger partial charge in [-0.15, -0.1) is 0 Å². The van der Waals surface area contributed by atoms with Crippen molar-refractivity contribution in [1.29, 1.82) is 0 Å². The van der Waals surface area contributed by atoms with Crippen LogP contribution in [0.15, 0.2) is 48.5 Å². The number of aromatic nitrogens is 3. The van der Waals surface area contributed by atoms with Crippen molar-refractivity contribution in [1.82, 2.24) is 20.1 Å². The maximum atomic E-state index is 12.4. The van der Waals surface area contributed by atoms with Crippen molar-refractivity contribution < 1.29 is 4.79 Å². The molecule has 3 aromatic rings. The summed E-state index contributed by atoms with van der Waals surface area (Å²) < 4.78 is 2.35. The largest absolute Gasteiger partial charge is 0.350 e. The van der Waals surface area contributed by atoms with Crippen LogP contribution < -0.4 is 5.32 Å². The molecular formula is C20H21ClN4OS. The fourth-order valence-electron chi connectivity index (χ4n) is 2.83. The molecule has 1 aromatic heterocycles. The third-order valence-corrected chi connectivity index (χ3v) is 4.90. The Balaban J connectivity index is 1.66. The number of nitrogens with zero attached hydrogens (tertiary/aromatic N) is 2. The number of carbonyl (C=O) groups is 1. The molecule has 0 aliphatic heterocycles. The van der Waals surface area contributed by atoms with E-state index in [1.54, 1.807) is 0 Å². The van der Waals surface area contributed by atoms with E-state index < -0.39 is 0 Å². The summed E-state index contributed by atoms with van der Waals surface area (Å²) in [5.74, 6) is 0.677. The standard InChI is InChI=1S/C20H21ClN4OS/c1-13-6-8-15(9-7-13)19-23-24-20(27)25(19)11-10-18(26)22-14(2)16-4-3-5-17(21)12-16/h3-9,12,14H,10-11H2,1-2H3,(H,22,26)(H,24,27)/t14-/m1/s1. The molecule has 0 spiro atoms. The topological polar surface area (TPSA) is 62.7 Å². The van der Waals surface area contributed by atoms with Crippen LogP contribution in [0, 0.1) is 11.7 Å². The second kappa shape index (κ2) is 8.50. The Morgan fingerprint density at radius 1 is 1.30 bits per heavy atom. The first kappa shape index (κ1) is 19.3. The zero-order valence-electron chi connectivity index (χ0n) is 15.2. The van der Waals surface area contributed by atoms with Gasteiger partial charge in [-0.3, -0.25) is 14.5 Å². The number of carbonyl (C=O) groups excluding carboxylic acids is 1. The normalized spacial score (nSPS) is 12.0. The van der Waals surface area contributed by atoms with Crippen molar-refractivity contribution in [3.63, 3.8) is 0 Å². The fourth-order valence-corrected chi connectivity index (χ4v) is 3.26. The highest BCUT2D eigenvalue weighted by Crippen LogP contribution is 2.19. The Kier molecular flexibility index (Phi) is 6.08.